The topological polar surface area (TPSA) is 28.9 Å². The summed E-state index contributed by atoms with van der Waals surface area (Å²) in [7, 11) is 0. The third kappa shape index (κ3) is 1.64. The molecule has 0 saturated heterocycles. The standard InChI is InChI=1S/C26H15NO/c1-2-8-16-15(7-1)13-14-20-23-25(27-24(16)20)18-10-4-3-9-17(18)22-19-11-5-6-12-21(19)28-26(22)23/h1-14,27H. The van der Waals surface area contributed by atoms with Gasteiger partial charge in [0.1, 0.15) is 11.2 Å². The minimum atomic E-state index is 0.935. The van der Waals surface area contributed by atoms with Crippen LogP contribution in [-0.4, -0.2) is 4.98 Å². The maximum absolute atomic E-state index is 6.43. The predicted molar refractivity (Wildman–Crippen MR) is 118 cm³/mol. The Balaban J connectivity index is 1.88. The van der Waals surface area contributed by atoms with E-state index in [4.69, 9.17) is 4.42 Å². The van der Waals surface area contributed by atoms with Crippen LogP contribution in [0.1, 0.15) is 0 Å². The van der Waals surface area contributed by atoms with Crippen molar-refractivity contribution in [3.05, 3.63) is 84.9 Å². The quantitative estimate of drug-likeness (QED) is 0.299. The normalized spacial score (nSPS) is 12.3. The fourth-order valence-electron chi connectivity index (χ4n) is 4.78. The zero-order chi connectivity index (χ0) is 18.2. The van der Waals surface area contributed by atoms with Gasteiger partial charge in [0, 0.05) is 26.9 Å². The number of aromatic amines is 1. The summed E-state index contributed by atoms with van der Waals surface area (Å²) < 4.78 is 6.43. The van der Waals surface area contributed by atoms with Crippen molar-refractivity contribution in [3.8, 4) is 0 Å². The number of hydrogen-bond acceptors (Lipinski definition) is 1. The van der Waals surface area contributed by atoms with Crippen LogP contribution < -0.4 is 0 Å². The summed E-state index contributed by atoms with van der Waals surface area (Å²) in [5.41, 5.74) is 4.22. The molecule has 2 aromatic heterocycles. The maximum Gasteiger partial charge on any atom is 0.146 e. The lowest BCUT2D eigenvalue weighted by atomic mass is 9.99. The Morgan fingerprint density at radius 2 is 1.21 bits per heavy atom. The van der Waals surface area contributed by atoms with Gasteiger partial charge in [-0.15, -0.1) is 0 Å². The summed E-state index contributed by atoms with van der Waals surface area (Å²) in [5, 5.41) is 9.70. The average Bonchev–Trinajstić information content (AvgIpc) is 3.33. The molecule has 0 spiro atoms. The molecule has 0 amide bonds. The molecule has 2 nitrogen and oxygen atoms in total. The fourth-order valence-corrected chi connectivity index (χ4v) is 4.78. The zero-order valence-electron chi connectivity index (χ0n) is 15.0. The van der Waals surface area contributed by atoms with Crippen molar-refractivity contribution in [1.29, 1.82) is 0 Å². The molecule has 1 N–H and O–H groups in total. The summed E-state index contributed by atoms with van der Waals surface area (Å²) in [4.78, 5) is 3.74. The summed E-state index contributed by atoms with van der Waals surface area (Å²) in [5.74, 6) is 0. The van der Waals surface area contributed by atoms with Crippen LogP contribution in [0.15, 0.2) is 89.3 Å². The highest BCUT2D eigenvalue weighted by Gasteiger charge is 2.19. The van der Waals surface area contributed by atoms with E-state index >= 15 is 0 Å². The van der Waals surface area contributed by atoms with Crippen molar-refractivity contribution >= 4 is 65.3 Å². The van der Waals surface area contributed by atoms with Gasteiger partial charge in [0.25, 0.3) is 0 Å². The molecule has 0 radical (unpaired) electrons. The molecule has 0 aliphatic carbocycles. The summed E-state index contributed by atoms with van der Waals surface area (Å²) >= 11 is 0. The number of nitrogens with one attached hydrogen (secondary N) is 1. The van der Waals surface area contributed by atoms with Crippen molar-refractivity contribution in [3.63, 3.8) is 0 Å². The van der Waals surface area contributed by atoms with Gasteiger partial charge in [0.2, 0.25) is 0 Å². The van der Waals surface area contributed by atoms with Crippen LogP contribution >= 0.6 is 0 Å². The van der Waals surface area contributed by atoms with Gasteiger partial charge >= 0.3 is 0 Å². The molecule has 0 atom stereocenters. The lowest BCUT2D eigenvalue weighted by Crippen LogP contribution is -1.78. The van der Waals surface area contributed by atoms with Crippen LogP contribution in [0.2, 0.25) is 0 Å². The molecule has 0 fully saturated rings. The van der Waals surface area contributed by atoms with E-state index in [1.807, 2.05) is 6.07 Å². The van der Waals surface area contributed by atoms with Gasteiger partial charge in [0.05, 0.1) is 16.4 Å². The second kappa shape index (κ2) is 4.93. The number of hydrogen-bond donors (Lipinski definition) is 1. The highest BCUT2D eigenvalue weighted by molar-refractivity contribution is 6.35. The van der Waals surface area contributed by atoms with Gasteiger partial charge in [-0.3, -0.25) is 0 Å². The molecule has 130 valence electrons. The van der Waals surface area contributed by atoms with Crippen LogP contribution in [-0.2, 0) is 0 Å². The van der Waals surface area contributed by atoms with Gasteiger partial charge in [0.15, 0.2) is 0 Å². The van der Waals surface area contributed by atoms with E-state index in [1.54, 1.807) is 0 Å². The van der Waals surface area contributed by atoms with Crippen molar-refractivity contribution in [2.45, 2.75) is 0 Å². The van der Waals surface area contributed by atoms with E-state index in [1.165, 1.54) is 48.6 Å². The second-order valence-electron chi connectivity index (χ2n) is 7.43. The van der Waals surface area contributed by atoms with Crippen LogP contribution in [0.4, 0.5) is 0 Å². The molecule has 7 rings (SSSR count). The summed E-state index contributed by atoms with van der Waals surface area (Å²) in [6, 6.07) is 29.9. The van der Waals surface area contributed by atoms with Gasteiger partial charge in [-0.1, -0.05) is 78.9 Å². The van der Waals surface area contributed by atoms with E-state index in [-0.39, 0.29) is 0 Å². The van der Waals surface area contributed by atoms with Crippen LogP contribution in [0.3, 0.4) is 0 Å². The smallest absolute Gasteiger partial charge is 0.146 e. The molecule has 2 heterocycles. The van der Waals surface area contributed by atoms with E-state index in [0.717, 1.165) is 16.7 Å². The molecule has 2 heteroatoms. The molecule has 0 aliphatic heterocycles. The molecule has 0 bridgehead atoms. The van der Waals surface area contributed by atoms with Gasteiger partial charge in [-0.05, 0) is 16.8 Å². The minimum absolute atomic E-state index is 0.935. The number of rotatable bonds is 0. The number of furan rings is 1. The van der Waals surface area contributed by atoms with Crippen molar-refractivity contribution in [2.75, 3.05) is 0 Å². The highest BCUT2D eigenvalue weighted by atomic mass is 16.3. The van der Waals surface area contributed by atoms with E-state index in [0.29, 0.717) is 0 Å². The Labute approximate surface area is 160 Å². The van der Waals surface area contributed by atoms with Crippen molar-refractivity contribution in [2.24, 2.45) is 0 Å². The molecule has 0 unspecified atom stereocenters. The third-order valence-corrected chi connectivity index (χ3v) is 5.99. The minimum Gasteiger partial charge on any atom is -0.455 e. The first-order chi connectivity index (χ1) is 13.9. The zero-order valence-corrected chi connectivity index (χ0v) is 15.0. The van der Waals surface area contributed by atoms with Crippen molar-refractivity contribution in [1.82, 2.24) is 4.98 Å². The third-order valence-electron chi connectivity index (χ3n) is 5.99. The highest BCUT2D eigenvalue weighted by Crippen LogP contribution is 2.44. The molecular weight excluding hydrogens is 342 g/mol. The maximum atomic E-state index is 6.43. The summed E-state index contributed by atoms with van der Waals surface area (Å²) in [6.45, 7) is 0. The van der Waals surface area contributed by atoms with E-state index in [9.17, 15) is 0 Å². The second-order valence-corrected chi connectivity index (χ2v) is 7.43. The van der Waals surface area contributed by atoms with Crippen LogP contribution in [0, 0.1) is 0 Å². The molecule has 28 heavy (non-hydrogen) atoms. The first-order valence-electron chi connectivity index (χ1n) is 9.55. The van der Waals surface area contributed by atoms with E-state index < -0.39 is 0 Å². The monoisotopic (exact) mass is 357 g/mol. The molecule has 5 aromatic carbocycles. The Hall–Kier alpha value is -3.78. The number of H-pyrrole nitrogens is 1. The first-order valence-corrected chi connectivity index (χ1v) is 9.55. The Morgan fingerprint density at radius 1 is 0.500 bits per heavy atom. The van der Waals surface area contributed by atoms with Gasteiger partial charge in [-0.25, -0.2) is 0 Å². The van der Waals surface area contributed by atoms with Crippen molar-refractivity contribution < 1.29 is 4.42 Å². The van der Waals surface area contributed by atoms with Crippen LogP contribution in [0.5, 0.6) is 0 Å². The molecular formula is C26H15NO. The van der Waals surface area contributed by atoms with E-state index in [2.05, 4.69) is 83.8 Å². The molecule has 0 aliphatic rings. The first kappa shape index (κ1) is 14.3. The predicted octanol–water partition coefficient (Wildman–Crippen LogP) is 7.53. The number of fused-ring (bicyclic) bond motifs is 12. The summed E-state index contributed by atoms with van der Waals surface area (Å²) in [6.07, 6.45) is 0. The number of aromatic nitrogens is 1. The lowest BCUT2D eigenvalue weighted by molar-refractivity contribution is 0.673. The fraction of sp³-hybridized carbons (Fsp3) is 0. The largest absolute Gasteiger partial charge is 0.455 e. The Morgan fingerprint density at radius 3 is 2.11 bits per heavy atom. The number of benzene rings is 5. The van der Waals surface area contributed by atoms with Gasteiger partial charge < -0.3 is 9.40 Å². The average molecular weight is 357 g/mol. The molecule has 7 aromatic rings. The number of para-hydroxylation sites is 1. The Kier molecular flexibility index (Phi) is 2.52. The Bertz CT molecular complexity index is 1720. The van der Waals surface area contributed by atoms with Crippen LogP contribution in [0.25, 0.3) is 65.3 Å². The van der Waals surface area contributed by atoms with Gasteiger partial charge in [-0.2, -0.15) is 0 Å². The SMILES string of the molecule is c1ccc2c(c1)ccc1c2[nH]c2c3ccccc3c3c4ccccc4oc3c12. The lowest BCUT2D eigenvalue weighted by Gasteiger charge is -2.02. The molecule has 0 saturated carbocycles.